The SMILES string of the molecule is CC(C)CN1c2cccnc2-n2cccc2[C@@]12CCN(C(=O)Cc1ccsc1)C2. The highest BCUT2D eigenvalue weighted by molar-refractivity contribution is 7.08. The Balaban J connectivity index is 1.53. The van der Waals surface area contributed by atoms with Gasteiger partial charge in [0.15, 0.2) is 5.82 Å². The Hall–Kier alpha value is -2.60. The average molecular weight is 407 g/mol. The van der Waals surface area contributed by atoms with E-state index in [1.807, 2.05) is 23.7 Å². The predicted octanol–water partition coefficient (Wildman–Crippen LogP) is 4.08. The Labute approximate surface area is 175 Å². The molecule has 1 amide bonds. The molecule has 0 saturated carbocycles. The van der Waals surface area contributed by atoms with Gasteiger partial charge in [-0.1, -0.05) is 13.8 Å². The van der Waals surface area contributed by atoms with Gasteiger partial charge in [-0.25, -0.2) is 4.98 Å². The maximum absolute atomic E-state index is 13.1. The van der Waals surface area contributed by atoms with Gasteiger partial charge in [0, 0.05) is 32.0 Å². The van der Waals surface area contributed by atoms with E-state index in [0.717, 1.165) is 43.1 Å². The summed E-state index contributed by atoms with van der Waals surface area (Å²) >= 11 is 1.65. The minimum Gasteiger partial charge on any atom is -0.355 e. The Bertz CT molecular complexity index is 1030. The first kappa shape index (κ1) is 18.4. The third-order valence-electron chi connectivity index (χ3n) is 6.11. The quantitative estimate of drug-likeness (QED) is 0.656. The van der Waals surface area contributed by atoms with Gasteiger partial charge in [-0.05, 0) is 59.0 Å². The number of fused-ring (bicyclic) bond motifs is 4. The monoisotopic (exact) mass is 406 g/mol. The number of rotatable bonds is 4. The van der Waals surface area contributed by atoms with Crippen molar-refractivity contribution in [3.05, 3.63) is 64.7 Å². The van der Waals surface area contributed by atoms with Gasteiger partial charge >= 0.3 is 0 Å². The lowest BCUT2D eigenvalue weighted by molar-refractivity contribution is -0.129. The van der Waals surface area contributed by atoms with E-state index < -0.39 is 0 Å². The van der Waals surface area contributed by atoms with E-state index in [9.17, 15) is 4.79 Å². The average Bonchev–Trinajstić information content (AvgIpc) is 3.45. The first-order chi connectivity index (χ1) is 14.1. The summed E-state index contributed by atoms with van der Waals surface area (Å²) in [6.45, 7) is 6.97. The molecule has 0 unspecified atom stereocenters. The maximum atomic E-state index is 13.1. The number of carbonyl (C=O) groups is 1. The van der Waals surface area contributed by atoms with Crippen LogP contribution >= 0.6 is 11.3 Å². The number of hydrogen-bond donors (Lipinski definition) is 0. The number of amides is 1. The van der Waals surface area contributed by atoms with Gasteiger partial charge in [-0.15, -0.1) is 0 Å². The molecule has 0 aliphatic carbocycles. The Morgan fingerprint density at radius 1 is 1.28 bits per heavy atom. The number of likely N-dealkylation sites (tertiary alicyclic amines) is 1. The maximum Gasteiger partial charge on any atom is 0.227 e. The summed E-state index contributed by atoms with van der Waals surface area (Å²) in [5.41, 5.74) is 3.32. The van der Waals surface area contributed by atoms with Gasteiger partial charge < -0.3 is 14.4 Å². The van der Waals surface area contributed by atoms with Crippen LogP contribution in [0.15, 0.2) is 53.5 Å². The third-order valence-corrected chi connectivity index (χ3v) is 6.84. The zero-order chi connectivity index (χ0) is 20.0. The molecule has 150 valence electrons. The highest BCUT2D eigenvalue weighted by Crippen LogP contribution is 2.47. The van der Waals surface area contributed by atoms with E-state index in [2.05, 4.69) is 58.0 Å². The smallest absolute Gasteiger partial charge is 0.227 e. The number of thiophene rings is 1. The molecule has 5 nitrogen and oxygen atoms in total. The van der Waals surface area contributed by atoms with Gasteiger partial charge in [0.1, 0.15) is 5.54 Å². The molecule has 1 fully saturated rings. The number of nitrogens with zero attached hydrogens (tertiary/aromatic N) is 4. The van der Waals surface area contributed by atoms with Crippen molar-refractivity contribution in [2.45, 2.75) is 32.2 Å². The van der Waals surface area contributed by atoms with Crippen LogP contribution in [0.2, 0.25) is 0 Å². The summed E-state index contributed by atoms with van der Waals surface area (Å²) in [4.78, 5) is 22.3. The summed E-state index contributed by atoms with van der Waals surface area (Å²) in [6.07, 6.45) is 5.39. The zero-order valence-corrected chi connectivity index (χ0v) is 17.7. The molecule has 5 heterocycles. The van der Waals surface area contributed by atoms with Gasteiger partial charge in [0.05, 0.1) is 17.8 Å². The second kappa shape index (κ2) is 7.02. The van der Waals surface area contributed by atoms with Crippen molar-refractivity contribution in [2.24, 2.45) is 5.92 Å². The van der Waals surface area contributed by atoms with Crippen LogP contribution in [0.1, 0.15) is 31.5 Å². The first-order valence-electron chi connectivity index (χ1n) is 10.3. The Kier molecular flexibility index (Phi) is 4.46. The van der Waals surface area contributed by atoms with Crippen LogP contribution in [0.3, 0.4) is 0 Å². The number of aromatic nitrogens is 2. The van der Waals surface area contributed by atoms with Crippen LogP contribution in [0, 0.1) is 5.92 Å². The summed E-state index contributed by atoms with van der Waals surface area (Å²) in [6, 6.07) is 10.5. The molecule has 1 spiro atoms. The largest absolute Gasteiger partial charge is 0.355 e. The standard InChI is InChI=1S/C23H26N4OS/c1-17(2)14-27-19-5-3-9-24-22(19)26-10-4-6-20(26)23(27)8-11-25(16-23)21(28)13-18-7-12-29-15-18/h3-7,9-10,12,15,17H,8,11,13-14,16H2,1-2H3/t23-/m0/s1. The van der Waals surface area contributed by atoms with Crippen molar-refractivity contribution in [3.63, 3.8) is 0 Å². The van der Waals surface area contributed by atoms with Crippen molar-refractivity contribution >= 4 is 22.9 Å². The molecule has 3 aromatic heterocycles. The van der Waals surface area contributed by atoms with Gasteiger partial charge in [0.25, 0.3) is 0 Å². The molecule has 1 saturated heterocycles. The summed E-state index contributed by atoms with van der Waals surface area (Å²) < 4.78 is 2.22. The second-order valence-electron chi connectivity index (χ2n) is 8.52. The lowest BCUT2D eigenvalue weighted by atomic mass is 9.88. The number of hydrogen-bond acceptors (Lipinski definition) is 4. The van der Waals surface area contributed by atoms with Crippen LogP contribution in [-0.4, -0.2) is 40.0 Å². The molecule has 0 radical (unpaired) electrons. The lowest BCUT2D eigenvalue weighted by Crippen LogP contribution is -2.54. The van der Waals surface area contributed by atoms with E-state index in [-0.39, 0.29) is 11.4 Å². The Morgan fingerprint density at radius 3 is 2.97 bits per heavy atom. The minimum atomic E-state index is -0.200. The van der Waals surface area contributed by atoms with Crippen molar-refractivity contribution in [1.29, 1.82) is 0 Å². The fourth-order valence-electron chi connectivity index (χ4n) is 4.85. The normalized spacial score (nSPS) is 20.4. The highest BCUT2D eigenvalue weighted by atomic mass is 32.1. The van der Waals surface area contributed by atoms with Crippen molar-refractivity contribution in [2.75, 3.05) is 24.5 Å². The molecule has 29 heavy (non-hydrogen) atoms. The van der Waals surface area contributed by atoms with Crippen LogP contribution < -0.4 is 4.90 Å². The third kappa shape index (κ3) is 2.97. The highest BCUT2D eigenvalue weighted by Gasteiger charge is 2.50. The van der Waals surface area contributed by atoms with E-state index in [4.69, 9.17) is 4.98 Å². The van der Waals surface area contributed by atoms with E-state index >= 15 is 0 Å². The minimum absolute atomic E-state index is 0.200. The van der Waals surface area contributed by atoms with Crippen LogP contribution in [-0.2, 0) is 16.8 Å². The summed E-state index contributed by atoms with van der Waals surface area (Å²) in [5.74, 6) is 1.72. The number of pyridine rings is 1. The molecule has 3 aromatic rings. The van der Waals surface area contributed by atoms with Crippen molar-refractivity contribution < 1.29 is 4.79 Å². The van der Waals surface area contributed by atoms with Gasteiger partial charge in [-0.2, -0.15) is 11.3 Å². The molecule has 1 atom stereocenters. The molecule has 0 N–H and O–H groups in total. The Morgan fingerprint density at radius 2 is 2.17 bits per heavy atom. The fourth-order valence-corrected chi connectivity index (χ4v) is 5.52. The summed E-state index contributed by atoms with van der Waals surface area (Å²) in [7, 11) is 0. The lowest BCUT2D eigenvalue weighted by Gasteiger charge is -2.47. The molecule has 2 aliphatic heterocycles. The first-order valence-corrected chi connectivity index (χ1v) is 11.2. The fraction of sp³-hybridized carbons (Fsp3) is 0.391. The molecule has 2 aliphatic rings. The van der Waals surface area contributed by atoms with E-state index in [0.29, 0.717) is 12.3 Å². The number of carbonyl (C=O) groups excluding carboxylic acids is 1. The van der Waals surface area contributed by atoms with Crippen LogP contribution in [0.4, 0.5) is 5.69 Å². The molecule has 6 heteroatoms. The van der Waals surface area contributed by atoms with Gasteiger partial charge in [0.2, 0.25) is 5.91 Å². The zero-order valence-electron chi connectivity index (χ0n) is 16.9. The molecule has 0 bridgehead atoms. The number of anilines is 1. The van der Waals surface area contributed by atoms with E-state index in [1.54, 1.807) is 11.3 Å². The molecular formula is C23H26N4OS. The summed E-state index contributed by atoms with van der Waals surface area (Å²) in [5, 5.41) is 4.11. The van der Waals surface area contributed by atoms with E-state index in [1.165, 1.54) is 5.69 Å². The van der Waals surface area contributed by atoms with Crippen LogP contribution in [0.5, 0.6) is 0 Å². The van der Waals surface area contributed by atoms with Crippen molar-refractivity contribution in [1.82, 2.24) is 14.5 Å². The second-order valence-corrected chi connectivity index (χ2v) is 9.30. The topological polar surface area (TPSA) is 41.4 Å². The molecule has 0 aromatic carbocycles. The predicted molar refractivity (Wildman–Crippen MR) is 117 cm³/mol. The van der Waals surface area contributed by atoms with Gasteiger partial charge in [-0.3, -0.25) is 4.79 Å². The molecular weight excluding hydrogens is 380 g/mol. The van der Waals surface area contributed by atoms with Crippen LogP contribution in [0.25, 0.3) is 5.82 Å². The molecule has 5 rings (SSSR count). The van der Waals surface area contributed by atoms with Crippen molar-refractivity contribution in [3.8, 4) is 5.82 Å².